The molecule has 0 amide bonds. The Morgan fingerprint density at radius 2 is 2.00 bits per heavy atom. The molecule has 4 nitrogen and oxygen atoms in total. The van der Waals surface area contributed by atoms with Crippen LogP contribution in [0.3, 0.4) is 0 Å². The van der Waals surface area contributed by atoms with Crippen LogP contribution >= 0.6 is 11.6 Å². The SMILES string of the molecule is CCNC(Cc1c(Cl)c(CC)nn1CC)CN(C)C. The monoisotopic (exact) mass is 286 g/mol. The maximum atomic E-state index is 6.46. The molecule has 0 bridgehead atoms. The highest BCUT2D eigenvalue weighted by atomic mass is 35.5. The first-order valence-electron chi connectivity index (χ1n) is 7.15. The second kappa shape index (κ2) is 7.88. The molecule has 0 spiro atoms. The topological polar surface area (TPSA) is 33.1 Å². The molecule has 1 N–H and O–H groups in total. The molecule has 19 heavy (non-hydrogen) atoms. The van der Waals surface area contributed by atoms with Gasteiger partial charge in [0.05, 0.1) is 16.4 Å². The van der Waals surface area contributed by atoms with Crippen molar-refractivity contribution in [3.05, 3.63) is 16.4 Å². The van der Waals surface area contributed by atoms with Crippen LogP contribution in [0, 0.1) is 0 Å². The Bertz CT molecular complexity index is 387. The molecule has 0 aliphatic carbocycles. The van der Waals surface area contributed by atoms with E-state index in [1.54, 1.807) is 0 Å². The zero-order valence-electron chi connectivity index (χ0n) is 12.8. The van der Waals surface area contributed by atoms with Crippen molar-refractivity contribution in [2.75, 3.05) is 27.2 Å². The highest BCUT2D eigenvalue weighted by molar-refractivity contribution is 6.31. The van der Waals surface area contributed by atoms with Gasteiger partial charge in [-0.3, -0.25) is 4.68 Å². The lowest BCUT2D eigenvalue weighted by molar-refractivity contribution is 0.335. The van der Waals surface area contributed by atoms with Gasteiger partial charge in [-0.15, -0.1) is 0 Å². The van der Waals surface area contributed by atoms with Crippen LogP contribution in [0.5, 0.6) is 0 Å². The minimum Gasteiger partial charge on any atom is -0.313 e. The Morgan fingerprint density at radius 3 is 2.47 bits per heavy atom. The van der Waals surface area contributed by atoms with E-state index in [0.29, 0.717) is 6.04 Å². The molecule has 0 radical (unpaired) electrons. The lowest BCUT2D eigenvalue weighted by Gasteiger charge is -2.22. The Balaban J connectivity index is 2.91. The van der Waals surface area contributed by atoms with Crippen molar-refractivity contribution in [3.63, 3.8) is 0 Å². The van der Waals surface area contributed by atoms with Crippen molar-refractivity contribution in [1.82, 2.24) is 20.0 Å². The van der Waals surface area contributed by atoms with Crippen LogP contribution in [0.2, 0.25) is 5.02 Å². The first kappa shape index (κ1) is 16.5. The Labute approximate surface area is 122 Å². The zero-order chi connectivity index (χ0) is 14.4. The standard InChI is InChI=1S/C14H27ClN4/c1-6-12-14(15)13(19(8-3)17-12)9-11(16-7-2)10-18(4)5/h11,16H,6-10H2,1-5H3. The molecule has 1 aromatic rings. The van der Waals surface area contributed by atoms with E-state index < -0.39 is 0 Å². The summed E-state index contributed by atoms with van der Waals surface area (Å²) in [6, 6.07) is 0.407. The molecular weight excluding hydrogens is 260 g/mol. The number of hydrogen-bond donors (Lipinski definition) is 1. The van der Waals surface area contributed by atoms with Crippen LogP contribution in [-0.4, -0.2) is 47.9 Å². The van der Waals surface area contributed by atoms with Gasteiger partial charge in [0, 0.05) is 25.6 Å². The smallest absolute Gasteiger partial charge is 0.0850 e. The van der Waals surface area contributed by atoms with Crippen LogP contribution in [0.25, 0.3) is 0 Å². The van der Waals surface area contributed by atoms with E-state index >= 15 is 0 Å². The molecule has 110 valence electrons. The van der Waals surface area contributed by atoms with E-state index in [1.807, 2.05) is 4.68 Å². The van der Waals surface area contributed by atoms with Crippen LogP contribution < -0.4 is 5.32 Å². The first-order chi connectivity index (χ1) is 9.03. The Kier molecular flexibility index (Phi) is 6.83. The Morgan fingerprint density at radius 1 is 1.32 bits per heavy atom. The number of aryl methyl sites for hydroxylation is 2. The minimum absolute atomic E-state index is 0.407. The average molecular weight is 287 g/mol. The molecule has 1 heterocycles. The summed E-state index contributed by atoms with van der Waals surface area (Å²) in [5.41, 5.74) is 2.17. The van der Waals surface area contributed by atoms with Gasteiger partial charge in [-0.1, -0.05) is 25.4 Å². The summed E-state index contributed by atoms with van der Waals surface area (Å²) in [5.74, 6) is 0. The molecule has 0 aromatic carbocycles. The van der Waals surface area contributed by atoms with Gasteiger partial charge in [0.25, 0.3) is 0 Å². The molecular formula is C14H27ClN4. The van der Waals surface area contributed by atoms with Gasteiger partial charge in [-0.05, 0) is 34.0 Å². The fraction of sp³-hybridized carbons (Fsp3) is 0.786. The number of nitrogens with zero attached hydrogens (tertiary/aromatic N) is 3. The van der Waals surface area contributed by atoms with Gasteiger partial charge < -0.3 is 10.2 Å². The lowest BCUT2D eigenvalue weighted by atomic mass is 10.1. The van der Waals surface area contributed by atoms with E-state index in [1.165, 1.54) is 0 Å². The number of hydrogen-bond acceptors (Lipinski definition) is 3. The predicted molar refractivity (Wildman–Crippen MR) is 82.0 cm³/mol. The van der Waals surface area contributed by atoms with Gasteiger partial charge in [0.2, 0.25) is 0 Å². The molecule has 0 saturated heterocycles. The highest BCUT2D eigenvalue weighted by Gasteiger charge is 2.18. The maximum Gasteiger partial charge on any atom is 0.0850 e. The van der Waals surface area contributed by atoms with Gasteiger partial charge in [-0.25, -0.2) is 0 Å². The normalized spacial score (nSPS) is 13.2. The lowest BCUT2D eigenvalue weighted by Crippen LogP contribution is -2.40. The molecule has 0 saturated carbocycles. The summed E-state index contributed by atoms with van der Waals surface area (Å²) in [4.78, 5) is 2.20. The first-order valence-corrected chi connectivity index (χ1v) is 7.53. The van der Waals surface area contributed by atoms with Crippen molar-refractivity contribution in [1.29, 1.82) is 0 Å². The van der Waals surface area contributed by atoms with E-state index in [0.717, 1.165) is 48.9 Å². The largest absolute Gasteiger partial charge is 0.313 e. The molecule has 1 rings (SSSR count). The maximum absolute atomic E-state index is 6.46. The van der Waals surface area contributed by atoms with E-state index in [-0.39, 0.29) is 0 Å². The van der Waals surface area contributed by atoms with E-state index in [4.69, 9.17) is 11.6 Å². The summed E-state index contributed by atoms with van der Waals surface area (Å²) in [6.45, 7) is 9.19. The third-order valence-electron chi connectivity index (χ3n) is 3.21. The van der Waals surface area contributed by atoms with E-state index in [9.17, 15) is 0 Å². The average Bonchev–Trinajstić information content (AvgIpc) is 2.66. The van der Waals surface area contributed by atoms with Gasteiger partial charge in [-0.2, -0.15) is 5.10 Å². The fourth-order valence-corrected chi connectivity index (χ4v) is 2.72. The highest BCUT2D eigenvalue weighted by Crippen LogP contribution is 2.23. The molecule has 0 fully saturated rings. The summed E-state index contributed by atoms with van der Waals surface area (Å²) in [5, 5.41) is 8.96. The van der Waals surface area contributed by atoms with Crippen LogP contribution in [0.15, 0.2) is 0 Å². The number of halogens is 1. The molecule has 5 heteroatoms. The van der Waals surface area contributed by atoms with Gasteiger partial charge >= 0.3 is 0 Å². The van der Waals surface area contributed by atoms with Crippen molar-refractivity contribution in [3.8, 4) is 0 Å². The van der Waals surface area contributed by atoms with Crippen molar-refractivity contribution >= 4 is 11.6 Å². The second-order valence-electron chi connectivity index (χ2n) is 5.10. The third kappa shape index (κ3) is 4.48. The van der Waals surface area contributed by atoms with Crippen molar-refractivity contribution < 1.29 is 0 Å². The zero-order valence-corrected chi connectivity index (χ0v) is 13.6. The fourth-order valence-electron chi connectivity index (χ4n) is 2.38. The number of likely N-dealkylation sites (N-methyl/N-ethyl adjacent to an activating group) is 2. The van der Waals surface area contributed by atoms with Crippen molar-refractivity contribution in [2.45, 2.75) is 46.2 Å². The van der Waals surface area contributed by atoms with E-state index in [2.05, 4.69) is 50.2 Å². The number of nitrogens with one attached hydrogen (secondary N) is 1. The van der Waals surface area contributed by atoms with Gasteiger partial charge in [0.1, 0.15) is 0 Å². The second-order valence-corrected chi connectivity index (χ2v) is 5.48. The minimum atomic E-state index is 0.407. The third-order valence-corrected chi connectivity index (χ3v) is 3.65. The summed E-state index contributed by atoms with van der Waals surface area (Å²) < 4.78 is 2.04. The summed E-state index contributed by atoms with van der Waals surface area (Å²) in [6.07, 6.45) is 1.81. The molecule has 0 aliphatic heterocycles. The van der Waals surface area contributed by atoms with Crippen molar-refractivity contribution in [2.24, 2.45) is 0 Å². The van der Waals surface area contributed by atoms with Gasteiger partial charge in [0.15, 0.2) is 0 Å². The summed E-state index contributed by atoms with van der Waals surface area (Å²) >= 11 is 6.46. The van der Waals surface area contributed by atoms with Crippen LogP contribution in [-0.2, 0) is 19.4 Å². The quantitative estimate of drug-likeness (QED) is 0.795. The number of rotatable bonds is 8. The van der Waals surface area contributed by atoms with Crippen LogP contribution in [0.1, 0.15) is 32.2 Å². The van der Waals surface area contributed by atoms with Crippen LogP contribution in [0.4, 0.5) is 0 Å². The molecule has 1 aromatic heterocycles. The summed E-state index contributed by atoms with van der Waals surface area (Å²) in [7, 11) is 4.20. The molecule has 1 unspecified atom stereocenters. The Hall–Kier alpha value is -0.580. The molecule has 0 aliphatic rings. The number of aromatic nitrogens is 2. The molecule has 1 atom stereocenters. The predicted octanol–water partition coefficient (Wildman–Crippen LogP) is 2.20.